The number of aliphatic hydroxyl groups is 1. The number of benzene rings is 1. The molecule has 5 atom stereocenters. The van der Waals surface area contributed by atoms with Crippen molar-refractivity contribution in [2.75, 3.05) is 34.3 Å². The van der Waals surface area contributed by atoms with Gasteiger partial charge >= 0.3 is 7.82 Å². The minimum atomic E-state index is -4.26. The molecule has 2 saturated carbocycles. The second-order valence-corrected chi connectivity index (χ2v) is 12.0. The molecule has 4 N–H and O–H groups in total. The summed E-state index contributed by atoms with van der Waals surface area (Å²) in [6, 6.07) is 5.96. The van der Waals surface area contributed by atoms with Crippen LogP contribution in [-0.2, 0) is 15.5 Å². The Morgan fingerprint density at radius 2 is 1.84 bits per heavy atom. The first-order chi connectivity index (χ1) is 14.3. The predicted molar refractivity (Wildman–Crippen MR) is 120 cm³/mol. The molecule has 0 aliphatic heterocycles. The van der Waals surface area contributed by atoms with Gasteiger partial charge in [0.25, 0.3) is 0 Å². The summed E-state index contributed by atoms with van der Waals surface area (Å²) >= 11 is 0. The summed E-state index contributed by atoms with van der Waals surface area (Å²) < 4.78 is 15.1. The average Bonchev–Trinajstić information content (AvgIpc) is 2.94. The molecule has 2 fully saturated rings. The Labute approximate surface area is 198 Å². The van der Waals surface area contributed by atoms with Crippen LogP contribution in [0.5, 0.6) is 5.75 Å². The van der Waals surface area contributed by atoms with Crippen LogP contribution >= 0.6 is 7.82 Å². The minimum absolute atomic E-state index is 0. The van der Waals surface area contributed by atoms with Gasteiger partial charge in [0.1, 0.15) is 18.9 Å². The number of phenolic OH excluding ortho intramolecular Hbond substituents is 1. The number of fused-ring (bicyclic) bond motifs is 5. The number of likely N-dealkylation sites (N-methyl/N-ethyl adjacent to an activating group) is 1. The third-order valence-electron chi connectivity index (χ3n) is 7.68. The van der Waals surface area contributed by atoms with Crippen molar-refractivity contribution in [1.82, 2.24) is 0 Å². The Bertz CT molecular complexity index is 825. The topological polar surface area (TPSA) is 107 Å². The number of quaternary nitrogens is 1. The standard InChI is InChI=1S/C18H24O2.C5H14NO4P.ClH/c1-18-9-8-14-13-5-3-12(19)10-11(13)2-4-15(14)16(18)6-7-17(18)20;1-6(2,3)4-5-10-11(7,8)9;/h3,5,10,14-17,19-20H,2,4,6-9H2,1H3;4-5H2,1-3H3,(H-,7,8,9);1H/t14-,15-,16+,17+,18+;;/m1../s1. The van der Waals surface area contributed by atoms with E-state index in [1.165, 1.54) is 30.4 Å². The lowest BCUT2D eigenvalue weighted by Crippen LogP contribution is -3.00. The van der Waals surface area contributed by atoms with Crippen molar-refractivity contribution in [3.63, 3.8) is 0 Å². The van der Waals surface area contributed by atoms with Crippen LogP contribution in [0.1, 0.15) is 56.1 Å². The Morgan fingerprint density at radius 1 is 1.16 bits per heavy atom. The summed E-state index contributed by atoms with van der Waals surface area (Å²) in [5.74, 6) is 2.49. The molecule has 0 amide bonds. The van der Waals surface area contributed by atoms with Gasteiger partial charge in [-0.15, -0.1) is 0 Å². The van der Waals surface area contributed by atoms with Crippen molar-refractivity contribution in [2.24, 2.45) is 17.3 Å². The van der Waals surface area contributed by atoms with E-state index in [1.807, 2.05) is 33.3 Å². The van der Waals surface area contributed by atoms with Crippen molar-refractivity contribution in [1.29, 1.82) is 0 Å². The van der Waals surface area contributed by atoms with Gasteiger partial charge in [0, 0.05) is 0 Å². The van der Waals surface area contributed by atoms with E-state index in [4.69, 9.17) is 9.79 Å². The number of nitrogens with zero attached hydrogens (tertiary/aromatic N) is 1. The van der Waals surface area contributed by atoms with Crippen molar-refractivity contribution in [3.8, 4) is 5.75 Å². The van der Waals surface area contributed by atoms with Crippen LogP contribution in [0.3, 0.4) is 0 Å². The third kappa shape index (κ3) is 6.47. The van der Waals surface area contributed by atoms with Gasteiger partial charge in [-0.3, -0.25) is 4.52 Å². The van der Waals surface area contributed by atoms with Crippen LogP contribution in [0, 0.1) is 17.3 Å². The highest BCUT2D eigenvalue weighted by molar-refractivity contribution is 7.46. The number of hydrogen-bond donors (Lipinski definition) is 4. The number of halogens is 1. The Hall–Kier alpha value is -0.660. The highest BCUT2D eigenvalue weighted by Crippen LogP contribution is 2.60. The first-order valence-electron chi connectivity index (χ1n) is 11.3. The Balaban J connectivity index is 0.000000263. The van der Waals surface area contributed by atoms with Gasteiger partial charge in [0.05, 0.1) is 27.2 Å². The normalized spacial score (nSPS) is 31.3. The monoisotopic (exact) mass is 491 g/mol. The molecule has 3 aliphatic carbocycles. The molecule has 0 radical (unpaired) electrons. The highest BCUT2D eigenvalue weighted by atomic mass is 35.5. The molecule has 32 heavy (non-hydrogen) atoms. The largest absolute Gasteiger partial charge is 1.00 e. The molecule has 7 nitrogen and oxygen atoms in total. The minimum Gasteiger partial charge on any atom is -1.00 e. The maximum Gasteiger partial charge on any atom is 0.469 e. The second-order valence-electron chi connectivity index (χ2n) is 10.8. The number of hydrogen-bond acceptors (Lipinski definition) is 4. The molecule has 4 rings (SSSR count). The maximum absolute atomic E-state index is 10.4. The van der Waals surface area contributed by atoms with Crippen molar-refractivity contribution >= 4 is 7.82 Å². The van der Waals surface area contributed by atoms with E-state index >= 15 is 0 Å². The maximum atomic E-state index is 10.4. The van der Waals surface area contributed by atoms with Crippen molar-refractivity contribution in [3.05, 3.63) is 29.3 Å². The summed E-state index contributed by atoms with van der Waals surface area (Å²) in [4.78, 5) is 16.6. The average molecular weight is 492 g/mol. The zero-order valence-electron chi connectivity index (χ0n) is 19.6. The third-order valence-corrected chi connectivity index (χ3v) is 8.20. The van der Waals surface area contributed by atoms with Crippen LogP contribution in [0.2, 0.25) is 0 Å². The predicted octanol–water partition coefficient (Wildman–Crippen LogP) is 0.415. The lowest BCUT2D eigenvalue weighted by Gasteiger charge is -2.50. The quantitative estimate of drug-likeness (QED) is 0.359. The van der Waals surface area contributed by atoms with Gasteiger partial charge in [-0.25, -0.2) is 4.57 Å². The molecule has 0 spiro atoms. The van der Waals surface area contributed by atoms with Crippen LogP contribution in [-0.4, -0.2) is 64.9 Å². The smallest absolute Gasteiger partial charge is 0.469 e. The van der Waals surface area contributed by atoms with E-state index in [0.717, 1.165) is 25.2 Å². The first kappa shape index (κ1) is 27.6. The number of aliphatic hydroxyl groups excluding tert-OH is 1. The molecule has 1 aromatic rings. The summed E-state index contributed by atoms with van der Waals surface area (Å²) in [6.07, 6.45) is 6.78. The van der Waals surface area contributed by atoms with Crippen molar-refractivity contribution in [2.45, 2.75) is 57.5 Å². The van der Waals surface area contributed by atoms with Crippen LogP contribution in [0.4, 0.5) is 0 Å². The Morgan fingerprint density at radius 3 is 2.47 bits per heavy atom. The summed E-state index contributed by atoms with van der Waals surface area (Å²) in [7, 11) is 1.50. The number of phosphoric ester groups is 1. The highest BCUT2D eigenvalue weighted by Gasteiger charge is 2.54. The van der Waals surface area contributed by atoms with Gasteiger partial charge in [0.15, 0.2) is 0 Å². The molecule has 0 bridgehead atoms. The zero-order chi connectivity index (χ0) is 23.0. The molecular formula is C23H39ClNO6P. The molecule has 1 aromatic carbocycles. The first-order valence-corrected chi connectivity index (χ1v) is 12.8. The molecule has 0 heterocycles. The molecule has 0 aromatic heterocycles. The second kappa shape index (κ2) is 10.3. The lowest BCUT2D eigenvalue weighted by atomic mass is 9.55. The molecular weight excluding hydrogens is 453 g/mol. The zero-order valence-corrected chi connectivity index (χ0v) is 21.2. The molecule has 3 aliphatic rings. The molecule has 184 valence electrons. The lowest BCUT2D eigenvalue weighted by molar-refractivity contribution is -0.870. The number of rotatable bonds is 4. The van der Waals surface area contributed by atoms with Crippen molar-refractivity contribution < 1.29 is 46.0 Å². The number of aromatic hydroxyl groups is 1. The van der Waals surface area contributed by atoms with Crippen LogP contribution in [0.15, 0.2) is 18.2 Å². The summed E-state index contributed by atoms with van der Waals surface area (Å²) in [5, 5.41) is 20.0. The fourth-order valence-corrected chi connectivity index (χ4v) is 6.29. The van der Waals surface area contributed by atoms with Crippen LogP contribution in [0.25, 0.3) is 0 Å². The molecule has 9 heteroatoms. The van der Waals surface area contributed by atoms with Gasteiger partial charge in [-0.1, -0.05) is 13.0 Å². The fraction of sp³-hybridized carbons (Fsp3) is 0.739. The molecule has 0 saturated heterocycles. The van der Waals surface area contributed by atoms with Gasteiger partial charge in [-0.2, -0.15) is 0 Å². The van der Waals surface area contributed by atoms with E-state index in [1.54, 1.807) is 0 Å². The van der Waals surface area contributed by atoms with E-state index in [2.05, 4.69) is 17.5 Å². The van der Waals surface area contributed by atoms with E-state index < -0.39 is 7.82 Å². The van der Waals surface area contributed by atoms with Crippen LogP contribution < -0.4 is 12.4 Å². The number of phosphoric acid groups is 1. The van der Waals surface area contributed by atoms with E-state index in [9.17, 15) is 14.8 Å². The number of aryl methyl sites for hydroxylation is 1. The summed E-state index contributed by atoms with van der Waals surface area (Å²) in [6.45, 7) is 2.97. The van der Waals surface area contributed by atoms with Gasteiger partial charge < -0.3 is 36.9 Å². The Kier molecular flexibility index (Phi) is 8.88. The molecule has 0 unspecified atom stereocenters. The van der Waals surface area contributed by atoms with Gasteiger partial charge in [0.2, 0.25) is 0 Å². The number of phenols is 1. The van der Waals surface area contributed by atoms with Gasteiger partial charge in [-0.05, 0) is 85.0 Å². The van der Waals surface area contributed by atoms with E-state index in [0.29, 0.717) is 28.6 Å². The SMILES string of the molecule is C[C@]12CC[C@@H]3c4ccc(O)cc4CC[C@H]3[C@@H]1CC[C@@H]2O.C[N+](C)(C)CCOP(=O)(O)O.[Cl-]. The fourth-order valence-electron chi connectivity index (χ4n) is 5.97. The van der Waals surface area contributed by atoms with E-state index in [-0.39, 0.29) is 30.5 Å². The summed E-state index contributed by atoms with van der Waals surface area (Å²) in [5.41, 5.74) is 2.99.